The summed E-state index contributed by atoms with van der Waals surface area (Å²) in [5.74, 6) is -3.84. The fraction of sp³-hybridized carbons (Fsp3) is 0.529. The number of amides is 2. The molecule has 0 aromatic heterocycles. The highest BCUT2D eigenvalue weighted by atomic mass is 19.2. The van der Waals surface area contributed by atoms with E-state index in [0.717, 1.165) is 6.07 Å². The minimum atomic E-state index is -1.27. The Balaban J connectivity index is 2.04. The van der Waals surface area contributed by atoms with Crippen molar-refractivity contribution in [2.45, 2.75) is 44.7 Å². The Labute approximate surface area is 144 Å². The normalized spacial score (nSPS) is 19.3. The third-order valence-corrected chi connectivity index (χ3v) is 4.27. The van der Waals surface area contributed by atoms with E-state index >= 15 is 0 Å². The van der Waals surface area contributed by atoms with E-state index < -0.39 is 29.5 Å². The van der Waals surface area contributed by atoms with Crippen LogP contribution < -0.4 is 11.1 Å². The van der Waals surface area contributed by atoms with Crippen LogP contribution in [0.15, 0.2) is 12.1 Å². The van der Waals surface area contributed by atoms with Gasteiger partial charge < -0.3 is 16.0 Å². The number of hydrogen-bond donors (Lipinski definition) is 2. The van der Waals surface area contributed by atoms with Crippen LogP contribution in [0.4, 0.5) is 13.2 Å². The van der Waals surface area contributed by atoms with Gasteiger partial charge in [0.05, 0.1) is 0 Å². The fourth-order valence-electron chi connectivity index (χ4n) is 3.00. The van der Waals surface area contributed by atoms with Gasteiger partial charge in [-0.05, 0) is 30.9 Å². The second-order valence-corrected chi connectivity index (χ2v) is 6.18. The Morgan fingerprint density at radius 3 is 2.68 bits per heavy atom. The van der Waals surface area contributed by atoms with Crippen molar-refractivity contribution < 1.29 is 22.8 Å². The molecule has 25 heavy (non-hydrogen) atoms. The van der Waals surface area contributed by atoms with E-state index in [2.05, 4.69) is 5.32 Å². The van der Waals surface area contributed by atoms with Gasteiger partial charge in [-0.2, -0.15) is 0 Å². The fourth-order valence-corrected chi connectivity index (χ4v) is 3.00. The first kappa shape index (κ1) is 19.2. The number of nitrogens with zero attached hydrogens (tertiary/aromatic N) is 1. The highest BCUT2D eigenvalue weighted by Gasteiger charge is 2.30. The van der Waals surface area contributed by atoms with Crippen molar-refractivity contribution in [3.05, 3.63) is 35.1 Å². The van der Waals surface area contributed by atoms with Crippen molar-refractivity contribution in [3.63, 3.8) is 0 Å². The number of benzene rings is 1. The molecule has 2 atom stereocenters. The number of nitrogens with two attached hydrogens (primary N) is 1. The number of rotatable bonds is 5. The minimum absolute atomic E-state index is 0.0835. The lowest BCUT2D eigenvalue weighted by Gasteiger charge is -2.28. The van der Waals surface area contributed by atoms with E-state index in [1.54, 1.807) is 0 Å². The molecule has 8 heteroatoms. The maximum atomic E-state index is 13.7. The lowest BCUT2D eigenvalue weighted by Crippen LogP contribution is -2.48. The largest absolute Gasteiger partial charge is 0.354 e. The van der Waals surface area contributed by atoms with Crippen molar-refractivity contribution in [2.75, 3.05) is 13.1 Å². The minimum Gasteiger partial charge on any atom is -0.354 e. The van der Waals surface area contributed by atoms with Gasteiger partial charge in [0.25, 0.3) is 0 Å². The standard InChI is InChI=1S/C17H22F3N3O2/c1-2-15-17(25)22-4-3-5-23(15)16(24)8-11(21)6-10-7-13(19)14(20)9-12(10)18/h7,9,11,15H,2-6,8,21H2,1H3,(H,22,25)/t11-,15?/m1/s1. The van der Waals surface area contributed by atoms with Crippen molar-refractivity contribution in [3.8, 4) is 0 Å². The molecule has 5 nitrogen and oxygen atoms in total. The van der Waals surface area contributed by atoms with Crippen LogP contribution in [0, 0.1) is 17.5 Å². The summed E-state index contributed by atoms with van der Waals surface area (Å²) in [5, 5.41) is 2.75. The van der Waals surface area contributed by atoms with Crippen LogP contribution in [0.3, 0.4) is 0 Å². The first-order valence-corrected chi connectivity index (χ1v) is 8.29. The molecule has 1 saturated heterocycles. The zero-order chi connectivity index (χ0) is 18.6. The third kappa shape index (κ3) is 4.72. The summed E-state index contributed by atoms with van der Waals surface area (Å²) in [6.07, 6.45) is 0.902. The Kier molecular flexibility index (Phi) is 6.41. The highest BCUT2D eigenvalue weighted by Crippen LogP contribution is 2.17. The number of halogens is 3. The van der Waals surface area contributed by atoms with Gasteiger partial charge in [-0.3, -0.25) is 9.59 Å². The summed E-state index contributed by atoms with van der Waals surface area (Å²) in [5.41, 5.74) is 5.82. The first-order chi connectivity index (χ1) is 11.8. The zero-order valence-electron chi connectivity index (χ0n) is 14.0. The van der Waals surface area contributed by atoms with Crippen LogP contribution in [-0.4, -0.2) is 41.9 Å². The third-order valence-electron chi connectivity index (χ3n) is 4.27. The molecule has 1 aliphatic heterocycles. The van der Waals surface area contributed by atoms with E-state index in [4.69, 9.17) is 5.73 Å². The van der Waals surface area contributed by atoms with E-state index in [9.17, 15) is 22.8 Å². The van der Waals surface area contributed by atoms with Crippen molar-refractivity contribution in [1.82, 2.24) is 10.2 Å². The lowest BCUT2D eigenvalue weighted by molar-refractivity contribution is -0.139. The monoisotopic (exact) mass is 357 g/mol. The van der Waals surface area contributed by atoms with Crippen molar-refractivity contribution in [2.24, 2.45) is 5.73 Å². The molecule has 1 unspecified atom stereocenters. The molecule has 0 saturated carbocycles. The molecule has 1 aromatic rings. The second kappa shape index (κ2) is 8.33. The average Bonchev–Trinajstić information content (AvgIpc) is 2.73. The topological polar surface area (TPSA) is 75.4 Å². The molecule has 0 aliphatic carbocycles. The van der Waals surface area contributed by atoms with Gasteiger partial charge in [-0.15, -0.1) is 0 Å². The van der Waals surface area contributed by atoms with Crippen molar-refractivity contribution in [1.29, 1.82) is 0 Å². The molecule has 1 fully saturated rings. The van der Waals surface area contributed by atoms with Crippen LogP contribution in [0.25, 0.3) is 0 Å². The quantitative estimate of drug-likeness (QED) is 0.784. The predicted molar refractivity (Wildman–Crippen MR) is 86.0 cm³/mol. The van der Waals surface area contributed by atoms with E-state index in [-0.39, 0.29) is 30.2 Å². The molecular formula is C17H22F3N3O2. The molecular weight excluding hydrogens is 335 g/mol. The molecule has 0 radical (unpaired) electrons. The van der Waals surface area contributed by atoms with Crippen LogP contribution in [0.1, 0.15) is 31.7 Å². The number of carbonyl (C=O) groups excluding carboxylic acids is 2. The molecule has 1 heterocycles. The number of nitrogens with one attached hydrogen (secondary N) is 1. The number of hydrogen-bond acceptors (Lipinski definition) is 3. The summed E-state index contributed by atoms with van der Waals surface area (Å²) < 4.78 is 39.9. The van der Waals surface area contributed by atoms with Crippen LogP contribution >= 0.6 is 0 Å². The van der Waals surface area contributed by atoms with E-state index in [1.165, 1.54) is 4.90 Å². The summed E-state index contributed by atoms with van der Waals surface area (Å²) in [6.45, 7) is 2.75. The summed E-state index contributed by atoms with van der Waals surface area (Å²) >= 11 is 0. The molecule has 2 amide bonds. The molecule has 1 aromatic carbocycles. The smallest absolute Gasteiger partial charge is 0.242 e. The van der Waals surface area contributed by atoms with Crippen LogP contribution in [-0.2, 0) is 16.0 Å². The summed E-state index contributed by atoms with van der Waals surface area (Å²) in [4.78, 5) is 26.0. The summed E-state index contributed by atoms with van der Waals surface area (Å²) in [6, 6.07) is -0.104. The van der Waals surface area contributed by atoms with E-state index in [1.807, 2.05) is 6.92 Å². The van der Waals surface area contributed by atoms with Gasteiger partial charge in [-0.25, -0.2) is 13.2 Å². The van der Waals surface area contributed by atoms with Gasteiger partial charge in [0.2, 0.25) is 11.8 Å². The van der Waals surface area contributed by atoms with E-state index in [0.29, 0.717) is 32.0 Å². The molecule has 3 N–H and O–H groups in total. The van der Waals surface area contributed by atoms with Gasteiger partial charge in [0, 0.05) is 31.6 Å². The zero-order valence-corrected chi connectivity index (χ0v) is 14.0. The molecule has 0 bridgehead atoms. The average molecular weight is 357 g/mol. The maximum absolute atomic E-state index is 13.7. The molecule has 0 spiro atoms. The molecule has 138 valence electrons. The Bertz CT molecular complexity index is 654. The first-order valence-electron chi connectivity index (χ1n) is 8.29. The van der Waals surface area contributed by atoms with Gasteiger partial charge in [-0.1, -0.05) is 6.92 Å². The highest BCUT2D eigenvalue weighted by molar-refractivity contribution is 5.88. The Morgan fingerprint density at radius 2 is 2.00 bits per heavy atom. The second-order valence-electron chi connectivity index (χ2n) is 6.18. The van der Waals surface area contributed by atoms with Crippen LogP contribution in [0.5, 0.6) is 0 Å². The predicted octanol–water partition coefficient (Wildman–Crippen LogP) is 1.49. The Morgan fingerprint density at radius 1 is 1.32 bits per heavy atom. The summed E-state index contributed by atoms with van der Waals surface area (Å²) in [7, 11) is 0. The lowest BCUT2D eigenvalue weighted by atomic mass is 10.0. The van der Waals surface area contributed by atoms with Crippen molar-refractivity contribution >= 4 is 11.8 Å². The maximum Gasteiger partial charge on any atom is 0.242 e. The van der Waals surface area contributed by atoms with Crippen LogP contribution in [0.2, 0.25) is 0 Å². The Hall–Kier alpha value is -2.09. The SMILES string of the molecule is CCC1C(=O)NCCCN1C(=O)C[C@H](N)Cc1cc(F)c(F)cc1F. The van der Waals surface area contributed by atoms with Gasteiger partial charge >= 0.3 is 0 Å². The van der Waals surface area contributed by atoms with Gasteiger partial charge in [0.1, 0.15) is 11.9 Å². The molecule has 2 rings (SSSR count). The number of carbonyl (C=O) groups is 2. The van der Waals surface area contributed by atoms with Gasteiger partial charge in [0.15, 0.2) is 11.6 Å². The molecule has 1 aliphatic rings.